The average Bonchev–Trinajstić information content (AvgIpc) is 3.44. The van der Waals surface area contributed by atoms with Crippen LogP contribution in [0.5, 0.6) is 11.5 Å². The number of nitrogen functional groups attached to an aromatic ring is 1. The van der Waals surface area contributed by atoms with E-state index in [-0.39, 0.29) is 17.8 Å². The van der Waals surface area contributed by atoms with Crippen LogP contribution >= 0.6 is 0 Å². The maximum Gasteiger partial charge on any atom is 0.246 e. The summed E-state index contributed by atoms with van der Waals surface area (Å²) in [4.78, 5) is 22.3. The van der Waals surface area contributed by atoms with Crippen LogP contribution in [0.1, 0.15) is 29.3 Å². The Kier molecular flexibility index (Phi) is 5.88. The van der Waals surface area contributed by atoms with E-state index in [0.717, 1.165) is 0 Å². The largest absolute Gasteiger partial charge is 0.497 e. The summed E-state index contributed by atoms with van der Waals surface area (Å²) in [6.07, 6.45) is 3.32. The summed E-state index contributed by atoms with van der Waals surface area (Å²) >= 11 is 0. The van der Waals surface area contributed by atoms with Gasteiger partial charge in [0, 0.05) is 24.7 Å². The van der Waals surface area contributed by atoms with E-state index in [9.17, 15) is 10.1 Å². The van der Waals surface area contributed by atoms with E-state index in [4.69, 9.17) is 15.2 Å². The zero-order valence-corrected chi connectivity index (χ0v) is 18.3. The minimum absolute atomic E-state index is 0.145. The number of nitrogens with zero attached hydrogens (tertiary/aromatic N) is 5. The van der Waals surface area contributed by atoms with Gasteiger partial charge < -0.3 is 24.7 Å². The molecule has 2 N–H and O–H groups in total. The zero-order valence-electron chi connectivity index (χ0n) is 18.3. The van der Waals surface area contributed by atoms with Crippen LogP contribution in [0, 0.1) is 23.2 Å². The van der Waals surface area contributed by atoms with Crippen molar-refractivity contribution < 1.29 is 14.3 Å². The number of carbonyl (C=O) groups is 1. The molecule has 0 bridgehead atoms. The molecule has 0 spiro atoms. The number of aromatic nitrogens is 3. The number of hydrogen-bond acceptors (Lipinski definition) is 7. The van der Waals surface area contributed by atoms with Gasteiger partial charge in [0.1, 0.15) is 41.1 Å². The molecule has 0 radical (unpaired) electrons. The van der Waals surface area contributed by atoms with Gasteiger partial charge in [0.05, 0.1) is 31.2 Å². The molecule has 33 heavy (non-hydrogen) atoms. The number of anilines is 1. The van der Waals surface area contributed by atoms with Crippen LogP contribution in [0.25, 0.3) is 11.0 Å². The Morgan fingerprint density at radius 2 is 1.97 bits per heavy atom. The monoisotopic (exact) mass is 442 g/mol. The lowest BCUT2D eigenvalue weighted by atomic mass is 10.1. The third kappa shape index (κ3) is 3.92. The van der Waals surface area contributed by atoms with Gasteiger partial charge in [-0.05, 0) is 24.6 Å². The number of likely N-dealkylation sites (tertiary alicyclic amines) is 1. The Morgan fingerprint density at radius 1 is 1.24 bits per heavy atom. The Hall–Kier alpha value is -4.50. The summed E-state index contributed by atoms with van der Waals surface area (Å²) < 4.78 is 12.4. The first-order valence-corrected chi connectivity index (χ1v) is 10.2. The molecule has 1 unspecified atom stereocenters. The highest BCUT2D eigenvalue weighted by molar-refractivity contribution is 5.95. The van der Waals surface area contributed by atoms with Crippen LogP contribution in [0.4, 0.5) is 5.82 Å². The molecule has 2 aromatic heterocycles. The first-order chi connectivity index (χ1) is 16.0. The van der Waals surface area contributed by atoms with Crippen molar-refractivity contribution in [3.8, 4) is 29.4 Å². The Morgan fingerprint density at radius 3 is 2.61 bits per heavy atom. The van der Waals surface area contributed by atoms with Gasteiger partial charge in [0.25, 0.3) is 0 Å². The highest BCUT2D eigenvalue weighted by atomic mass is 16.5. The summed E-state index contributed by atoms with van der Waals surface area (Å²) in [5.41, 5.74) is 8.13. The lowest BCUT2D eigenvalue weighted by molar-refractivity contribution is -0.125. The zero-order chi connectivity index (χ0) is 23.5. The molecule has 3 aromatic rings. The molecule has 1 aliphatic rings. The second kappa shape index (κ2) is 8.93. The van der Waals surface area contributed by atoms with Crippen LogP contribution in [-0.4, -0.2) is 52.7 Å². The molecule has 166 valence electrons. The topological polar surface area (TPSA) is 119 Å². The van der Waals surface area contributed by atoms with Gasteiger partial charge in [-0.15, -0.1) is 0 Å². The Labute approximate surface area is 191 Å². The highest BCUT2D eigenvalue weighted by Gasteiger charge is 2.31. The molecule has 1 saturated heterocycles. The van der Waals surface area contributed by atoms with Gasteiger partial charge in [0.15, 0.2) is 0 Å². The lowest BCUT2D eigenvalue weighted by Crippen LogP contribution is -2.27. The number of methoxy groups -OCH3 is 2. The van der Waals surface area contributed by atoms with Crippen molar-refractivity contribution >= 4 is 22.8 Å². The fraction of sp³-hybridized carbons (Fsp3) is 0.250. The van der Waals surface area contributed by atoms with E-state index < -0.39 is 0 Å². The van der Waals surface area contributed by atoms with Crippen molar-refractivity contribution in [2.75, 3.05) is 33.0 Å². The van der Waals surface area contributed by atoms with E-state index >= 15 is 0 Å². The first kappa shape index (κ1) is 21.7. The Balaban J connectivity index is 1.86. The second-order valence-corrected chi connectivity index (χ2v) is 7.45. The Bertz CT molecular complexity index is 1340. The summed E-state index contributed by atoms with van der Waals surface area (Å²) in [5.74, 6) is 7.47. The maximum atomic E-state index is 12.1. The molecule has 1 fully saturated rings. The number of fused-ring (bicyclic) bond motifs is 1. The molecule has 9 nitrogen and oxygen atoms in total. The molecule has 1 atom stereocenters. The van der Waals surface area contributed by atoms with Gasteiger partial charge in [-0.25, -0.2) is 9.97 Å². The van der Waals surface area contributed by atoms with Crippen molar-refractivity contribution in [3.05, 3.63) is 54.0 Å². The van der Waals surface area contributed by atoms with Crippen LogP contribution < -0.4 is 15.2 Å². The van der Waals surface area contributed by atoms with Crippen LogP contribution in [0.3, 0.4) is 0 Å². The van der Waals surface area contributed by atoms with E-state index in [0.29, 0.717) is 58.9 Å². The summed E-state index contributed by atoms with van der Waals surface area (Å²) in [6.45, 7) is 4.55. The lowest BCUT2D eigenvalue weighted by Gasteiger charge is -2.16. The van der Waals surface area contributed by atoms with Crippen LogP contribution in [-0.2, 0) is 4.79 Å². The fourth-order valence-corrected chi connectivity index (χ4v) is 4.04. The molecular formula is C24H22N6O3. The van der Waals surface area contributed by atoms with Gasteiger partial charge >= 0.3 is 0 Å². The van der Waals surface area contributed by atoms with E-state index in [1.165, 1.54) is 12.4 Å². The van der Waals surface area contributed by atoms with Crippen molar-refractivity contribution in [1.82, 2.24) is 19.4 Å². The molecule has 1 aromatic carbocycles. The van der Waals surface area contributed by atoms with E-state index in [1.807, 2.05) is 4.57 Å². The molecule has 0 aliphatic carbocycles. The highest BCUT2D eigenvalue weighted by Crippen LogP contribution is 2.34. The van der Waals surface area contributed by atoms with Gasteiger partial charge in [-0.2, -0.15) is 5.26 Å². The SMILES string of the molecule is C=CC(=O)N1CCC(n2c(C#N)c(C#Cc3cc(OC)cc(OC)c3)c3c(N)ncnc32)C1. The number of nitrogens with two attached hydrogens (primary N) is 1. The van der Waals surface area contributed by atoms with Crippen molar-refractivity contribution in [3.63, 3.8) is 0 Å². The van der Waals surface area contributed by atoms with Crippen LogP contribution in [0.2, 0.25) is 0 Å². The first-order valence-electron chi connectivity index (χ1n) is 10.2. The third-order valence-corrected chi connectivity index (χ3v) is 5.62. The number of amides is 1. The smallest absolute Gasteiger partial charge is 0.246 e. The minimum Gasteiger partial charge on any atom is -0.497 e. The van der Waals surface area contributed by atoms with Gasteiger partial charge in [-0.1, -0.05) is 18.4 Å². The standard InChI is InChI=1S/C24H22N6O3/c1-4-21(31)29-8-7-16(13-29)30-20(12-25)19(22-23(26)27-14-28-24(22)30)6-5-15-9-17(32-2)11-18(10-15)33-3/h4,9-11,14,16H,1,7-8,13H2,2-3H3,(H2,26,27,28). The molecule has 1 aliphatic heterocycles. The number of nitriles is 1. The van der Waals surface area contributed by atoms with Gasteiger partial charge in [0.2, 0.25) is 5.91 Å². The molecular weight excluding hydrogens is 420 g/mol. The maximum absolute atomic E-state index is 12.1. The van der Waals surface area contributed by atoms with E-state index in [2.05, 4.69) is 34.5 Å². The summed E-state index contributed by atoms with van der Waals surface area (Å²) in [6, 6.07) is 7.41. The summed E-state index contributed by atoms with van der Waals surface area (Å²) in [5, 5.41) is 10.6. The van der Waals surface area contributed by atoms with E-state index in [1.54, 1.807) is 37.3 Å². The molecule has 9 heteroatoms. The second-order valence-electron chi connectivity index (χ2n) is 7.45. The van der Waals surface area contributed by atoms with Gasteiger partial charge in [-0.3, -0.25) is 4.79 Å². The molecule has 0 saturated carbocycles. The fourth-order valence-electron chi connectivity index (χ4n) is 4.04. The molecule has 3 heterocycles. The average molecular weight is 442 g/mol. The number of carbonyl (C=O) groups excluding carboxylic acids is 1. The molecule has 4 rings (SSSR count). The quantitative estimate of drug-likeness (QED) is 0.486. The number of hydrogen-bond donors (Lipinski definition) is 1. The van der Waals surface area contributed by atoms with Crippen LogP contribution in [0.15, 0.2) is 37.2 Å². The number of benzene rings is 1. The normalized spacial score (nSPS) is 14.9. The minimum atomic E-state index is -0.146. The number of ether oxygens (including phenoxy) is 2. The summed E-state index contributed by atoms with van der Waals surface area (Å²) in [7, 11) is 3.13. The van der Waals surface area contributed by atoms with Crippen molar-refractivity contribution in [2.45, 2.75) is 12.5 Å². The van der Waals surface area contributed by atoms with Crippen molar-refractivity contribution in [2.24, 2.45) is 0 Å². The molecule has 1 amide bonds. The van der Waals surface area contributed by atoms with Crippen molar-refractivity contribution in [1.29, 1.82) is 5.26 Å². The predicted octanol–water partition coefficient (Wildman–Crippen LogP) is 2.26. The predicted molar refractivity (Wildman–Crippen MR) is 123 cm³/mol. The number of rotatable bonds is 4. The third-order valence-electron chi connectivity index (χ3n) is 5.62.